The van der Waals surface area contributed by atoms with Gasteiger partial charge in [-0.2, -0.15) is 0 Å². The molecule has 0 N–H and O–H groups in total. The van der Waals surface area contributed by atoms with Gasteiger partial charge in [-0.05, 0) is 71.0 Å². The Labute approximate surface area is 139 Å². The van der Waals surface area contributed by atoms with E-state index in [0.29, 0.717) is 6.42 Å². The Hall–Kier alpha value is -1.36. The lowest BCUT2D eigenvalue weighted by Gasteiger charge is -2.06. The molecule has 0 atom stereocenters. The molecule has 2 aromatic rings. The van der Waals surface area contributed by atoms with E-state index in [-0.39, 0.29) is 5.78 Å². The predicted molar refractivity (Wildman–Crippen MR) is 94.0 cm³/mol. The molecule has 21 heavy (non-hydrogen) atoms. The molecule has 0 spiro atoms. The zero-order valence-electron chi connectivity index (χ0n) is 12.1. The largest absolute Gasteiger partial charge is 0.494 e. The van der Waals surface area contributed by atoms with Gasteiger partial charge in [-0.1, -0.05) is 25.5 Å². The number of ether oxygens (including phenoxy) is 1. The smallest absolute Gasteiger partial charge is 0.167 e. The average Bonchev–Trinajstić information content (AvgIpc) is 2.50. The summed E-state index contributed by atoms with van der Waals surface area (Å²) in [6.45, 7) is 2.86. The number of hydrogen-bond donors (Lipinski definition) is 0. The molecular weight excluding hydrogens is 375 g/mol. The number of hydrogen-bond acceptors (Lipinski definition) is 2. The van der Waals surface area contributed by atoms with Crippen molar-refractivity contribution in [3.63, 3.8) is 0 Å². The topological polar surface area (TPSA) is 26.3 Å². The Bertz CT molecular complexity index is 573. The molecule has 0 radical (unpaired) electrons. The van der Waals surface area contributed by atoms with Crippen molar-refractivity contribution in [2.75, 3.05) is 6.61 Å². The van der Waals surface area contributed by atoms with E-state index in [9.17, 15) is 4.79 Å². The first kappa shape index (κ1) is 16.0. The van der Waals surface area contributed by atoms with Crippen molar-refractivity contribution in [3.05, 3.63) is 63.2 Å². The van der Waals surface area contributed by atoms with Crippen LogP contribution in [0.5, 0.6) is 5.75 Å². The van der Waals surface area contributed by atoms with Crippen molar-refractivity contribution in [1.29, 1.82) is 0 Å². The molecule has 0 aromatic heterocycles. The van der Waals surface area contributed by atoms with E-state index in [1.54, 1.807) is 0 Å². The number of rotatable bonds is 7. The second kappa shape index (κ2) is 8.17. The number of ketones is 1. The molecule has 0 saturated carbocycles. The lowest BCUT2D eigenvalue weighted by Crippen LogP contribution is -2.04. The lowest BCUT2D eigenvalue weighted by molar-refractivity contribution is 0.0993. The number of carbonyl (C=O) groups excluding carboxylic acids is 1. The second-order valence-electron chi connectivity index (χ2n) is 4.95. The quantitative estimate of drug-likeness (QED) is 0.380. The maximum Gasteiger partial charge on any atom is 0.167 e. The van der Waals surface area contributed by atoms with E-state index in [1.165, 1.54) is 3.57 Å². The van der Waals surface area contributed by atoms with Crippen LogP contribution in [0.15, 0.2) is 48.5 Å². The fraction of sp³-hybridized carbons (Fsp3) is 0.278. The van der Waals surface area contributed by atoms with Crippen molar-refractivity contribution < 1.29 is 9.53 Å². The van der Waals surface area contributed by atoms with Crippen LogP contribution in [0.25, 0.3) is 0 Å². The van der Waals surface area contributed by atoms with E-state index >= 15 is 0 Å². The number of benzene rings is 2. The van der Waals surface area contributed by atoms with Crippen LogP contribution in [0.3, 0.4) is 0 Å². The summed E-state index contributed by atoms with van der Waals surface area (Å²) < 4.78 is 6.78. The van der Waals surface area contributed by atoms with Gasteiger partial charge in [-0.3, -0.25) is 4.79 Å². The van der Waals surface area contributed by atoms with Crippen molar-refractivity contribution in [2.24, 2.45) is 0 Å². The minimum Gasteiger partial charge on any atom is -0.494 e. The molecule has 0 saturated heterocycles. The maximum atomic E-state index is 12.2. The van der Waals surface area contributed by atoms with E-state index in [0.717, 1.165) is 36.3 Å². The van der Waals surface area contributed by atoms with Crippen LogP contribution in [-0.4, -0.2) is 12.4 Å². The molecule has 2 aromatic carbocycles. The summed E-state index contributed by atoms with van der Waals surface area (Å²) in [5.74, 6) is 0.964. The van der Waals surface area contributed by atoms with Gasteiger partial charge in [0.25, 0.3) is 0 Å². The highest BCUT2D eigenvalue weighted by atomic mass is 127. The Morgan fingerprint density at radius 1 is 1.05 bits per heavy atom. The van der Waals surface area contributed by atoms with Gasteiger partial charge < -0.3 is 4.74 Å². The van der Waals surface area contributed by atoms with Crippen LogP contribution in [-0.2, 0) is 6.42 Å². The standard InChI is InChI=1S/C18H19IO2/c1-2-3-12-21-17-10-6-15(7-11-17)18(20)13-14-4-8-16(19)9-5-14/h4-11H,2-3,12-13H2,1H3. The van der Waals surface area contributed by atoms with Gasteiger partial charge in [0.05, 0.1) is 6.61 Å². The highest BCUT2D eigenvalue weighted by Gasteiger charge is 2.07. The normalized spacial score (nSPS) is 10.4. The van der Waals surface area contributed by atoms with Crippen molar-refractivity contribution >= 4 is 28.4 Å². The third-order valence-electron chi connectivity index (χ3n) is 3.22. The molecule has 0 aliphatic rings. The molecule has 2 nitrogen and oxygen atoms in total. The highest BCUT2D eigenvalue weighted by molar-refractivity contribution is 14.1. The van der Waals surface area contributed by atoms with Gasteiger partial charge in [-0.25, -0.2) is 0 Å². The molecular formula is C18H19IO2. The highest BCUT2D eigenvalue weighted by Crippen LogP contribution is 2.15. The molecule has 0 unspecified atom stereocenters. The molecule has 2 rings (SSSR count). The Balaban J connectivity index is 1.94. The van der Waals surface area contributed by atoms with Crippen LogP contribution in [0.4, 0.5) is 0 Å². The molecule has 0 aliphatic carbocycles. The number of unbranched alkanes of at least 4 members (excludes halogenated alkanes) is 1. The third-order valence-corrected chi connectivity index (χ3v) is 3.94. The van der Waals surface area contributed by atoms with E-state index in [4.69, 9.17) is 4.74 Å². The van der Waals surface area contributed by atoms with Crippen LogP contribution >= 0.6 is 22.6 Å². The van der Waals surface area contributed by atoms with Gasteiger partial charge in [0.15, 0.2) is 5.78 Å². The molecule has 0 aliphatic heterocycles. The summed E-state index contributed by atoms with van der Waals surface area (Å²) in [5.41, 5.74) is 1.78. The number of Topliss-reactive ketones (excluding diaryl/α,β-unsaturated/α-hetero) is 1. The molecule has 110 valence electrons. The maximum absolute atomic E-state index is 12.2. The zero-order valence-corrected chi connectivity index (χ0v) is 14.3. The summed E-state index contributed by atoms with van der Waals surface area (Å²) in [6.07, 6.45) is 2.60. The first-order valence-corrected chi connectivity index (χ1v) is 8.27. The van der Waals surface area contributed by atoms with Gasteiger partial charge >= 0.3 is 0 Å². The van der Waals surface area contributed by atoms with Gasteiger partial charge in [0.1, 0.15) is 5.75 Å². The molecule has 0 fully saturated rings. The fourth-order valence-electron chi connectivity index (χ4n) is 1.96. The summed E-state index contributed by atoms with van der Waals surface area (Å²) in [4.78, 5) is 12.2. The zero-order chi connectivity index (χ0) is 15.1. The number of halogens is 1. The third kappa shape index (κ3) is 5.16. The van der Waals surface area contributed by atoms with Crippen molar-refractivity contribution in [3.8, 4) is 5.75 Å². The van der Waals surface area contributed by atoms with Crippen LogP contribution in [0, 0.1) is 3.57 Å². The van der Waals surface area contributed by atoms with Crippen LogP contribution in [0.2, 0.25) is 0 Å². The fourth-order valence-corrected chi connectivity index (χ4v) is 2.32. The Morgan fingerprint density at radius 2 is 1.71 bits per heavy atom. The summed E-state index contributed by atoms with van der Waals surface area (Å²) in [7, 11) is 0. The molecule has 0 heterocycles. The monoisotopic (exact) mass is 394 g/mol. The van der Waals surface area contributed by atoms with Crippen LogP contribution in [0.1, 0.15) is 35.7 Å². The predicted octanol–water partition coefficient (Wildman–Crippen LogP) is 4.90. The summed E-state index contributed by atoms with van der Waals surface area (Å²) in [6, 6.07) is 15.5. The first-order valence-electron chi connectivity index (χ1n) is 7.19. The van der Waals surface area contributed by atoms with E-state index < -0.39 is 0 Å². The number of carbonyl (C=O) groups is 1. The molecule has 0 bridgehead atoms. The van der Waals surface area contributed by atoms with Gasteiger partial charge in [0, 0.05) is 15.6 Å². The average molecular weight is 394 g/mol. The Morgan fingerprint density at radius 3 is 2.33 bits per heavy atom. The summed E-state index contributed by atoms with van der Waals surface area (Å²) in [5, 5.41) is 0. The Kier molecular flexibility index (Phi) is 6.23. The van der Waals surface area contributed by atoms with Gasteiger partial charge in [-0.15, -0.1) is 0 Å². The molecule has 3 heteroatoms. The lowest BCUT2D eigenvalue weighted by atomic mass is 10.0. The second-order valence-corrected chi connectivity index (χ2v) is 6.20. The minimum atomic E-state index is 0.135. The van der Waals surface area contributed by atoms with Crippen LogP contribution < -0.4 is 4.74 Å². The SMILES string of the molecule is CCCCOc1ccc(C(=O)Cc2ccc(I)cc2)cc1. The van der Waals surface area contributed by atoms with Crippen molar-refractivity contribution in [2.45, 2.75) is 26.2 Å². The van der Waals surface area contributed by atoms with Crippen molar-refractivity contribution in [1.82, 2.24) is 0 Å². The van der Waals surface area contributed by atoms with E-state index in [2.05, 4.69) is 29.5 Å². The minimum absolute atomic E-state index is 0.135. The summed E-state index contributed by atoms with van der Waals surface area (Å²) >= 11 is 2.26. The van der Waals surface area contributed by atoms with E-state index in [1.807, 2.05) is 48.5 Å². The molecule has 0 amide bonds. The first-order chi connectivity index (χ1) is 10.2. The van der Waals surface area contributed by atoms with Gasteiger partial charge in [0.2, 0.25) is 0 Å².